The first-order chi connectivity index (χ1) is 13.0. The summed E-state index contributed by atoms with van der Waals surface area (Å²) in [5.41, 5.74) is 4.28. The van der Waals surface area contributed by atoms with E-state index in [9.17, 15) is 9.18 Å². The molecule has 0 aliphatic carbocycles. The van der Waals surface area contributed by atoms with Gasteiger partial charge in [0.15, 0.2) is 0 Å². The number of hydrogen-bond donors (Lipinski definition) is 1. The van der Waals surface area contributed by atoms with Crippen LogP contribution in [-0.4, -0.2) is 27.3 Å². The molecular formula is C20H19FN4O2. The molecule has 1 N–H and O–H groups in total. The minimum absolute atomic E-state index is 0.279. The lowest BCUT2D eigenvalue weighted by Gasteiger charge is -2.24. The van der Waals surface area contributed by atoms with Gasteiger partial charge >= 0.3 is 0 Å². The summed E-state index contributed by atoms with van der Waals surface area (Å²) in [6, 6.07) is 7.82. The van der Waals surface area contributed by atoms with Crippen molar-refractivity contribution in [1.29, 1.82) is 0 Å². The lowest BCUT2D eigenvalue weighted by atomic mass is 10.1. The van der Waals surface area contributed by atoms with Gasteiger partial charge in [0.1, 0.15) is 17.2 Å². The van der Waals surface area contributed by atoms with Crippen molar-refractivity contribution in [1.82, 2.24) is 20.1 Å². The van der Waals surface area contributed by atoms with Crippen molar-refractivity contribution >= 4 is 5.91 Å². The number of rotatable bonds is 3. The number of carbonyl (C=O) groups excluding carboxylic acids is 1. The normalized spacial score (nSPS) is 16.0. The lowest BCUT2D eigenvalue weighted by molar-refractivity contribution is 0.0684. The second kappa shape index (κ2) is 6.92. The van der Waals surface area contributed by atoms with Crippen LogP contribution in [0.15, 0.2) is 42.7 Å². The van der Waals surface area contributed by atoms with Crippen LogP contribution in [0.5, 0.6) is 0 Å². The Morgan fingerprint density at radius 3 is 2.85 bits per heavy atom. The van der Waals surface area contributed by atoms with Gasteiger partial charge in [0.2, 0.25) is 0 Å². The summed E-state index contributed by atoms with van der Waals surface area (Å²) >= 11 is 0. The third-order valence-electron chi connectivity index (χ3n) is 4.79. The van der Waals surface area contributed by atoms with Crippen LogP contribution in [-0.2, 0) is 11.3 Å². The quantitative estimate of drug-likeness (QED) is 0.774. The predicted octanol–water partition coefficient (Wildman–Crippen LogP) is 3.02. The molecule has 1 amide bonds. The molecule has 0 fully saturated rings. The minimum Gasteiger partial charge on any atom is -0.373 e. The van der Waals surface area contributed by atoms with Gasteiger partial charge < -0.3 is 10.1 Å². The number of nitrogens with zero attached hydrogens (tertiary/aromatic N) is 3. The molecule has 1 aliphatic heterocycles. The third kappa shape index (κ3) is 3.21. The maximum absolute atomic E-state index is 14.1. The second-order valence-corrected chi connectivity index (χ2v) is 6.60. The number of benzene rings is 1. The number of aryl methyl sites for hydroxylation is 2. The Bertz CT molecular complexity index is 1010. The van der Waals surface area contributed by atoms with Gasteiger partial charge in [-0.3, -0.25) is 9.78 Å². The van der Waals surface area contributed by atoms with Crippen LogP contribution < -0.4 is 5.32 Å². The topological polar surface area (TPSA) is 69.0 Å². The van der Waals surface area contributed by atoms with Crippen molar-refractivity contribution in [3.05, 3.63) is 76.6 Å². The molecule has 4 rings (SSSR count). The molecule has 0 unspecified atom stereocenters. The molecule has 2 aromatic heterocycles. The Morgan fingerprint density at radius 2 is 2.07 bits per heavy atom. The first kappa shape index (κ1) is 17.4. The second-order valence-electron chi connectivity index (χ2n) is 6.60. The number of halogens is 1. The summed E-state index contributed by atoms with van der Waals surface area (Å²) in [7, 11) is 0. The van der Waals surface area contributed by atoms with Gasteiger partial charge in [0, 0.05) is 11.8 Å². The Morgan fingerprint density at radius 1 is 1.26 bits per heavy atom. The van der Waals surface area contributed by atoms with Crippen molar-refractivity contribution in [3.8, 4) is 5.69 Å². The Hall–Kier alpha value is -3.06. The van der Waals surface area contributed by atoms with Crippen molar-refractivity contribution < 1.29 is 13.9 Å². The molecule has 0 spiro atoms. The van der Waals surface area contributed by atoms with Crippen molar-refractivity contribution in [2.75, 3.05) is 6.61 Å². The van der Waals surface area contributed by atoms with E-state index in [1.807, 2.05) is 13.8 Å². The Labute approximate surface area is 156 Å². The Kier molecular flexibility index (Phi) is 4.45. The molecule has 1 aliphatic rings. The third-order valence-corrected chi connectivity index (χ3v) is 4.79. The number of hydrogen-bond acceptors (Lipinski definition) is 4. The molecule has 1 atom stereocenters. The van der Waals surface area contributed by atoms with Crippen molar-refractivity contribution in [2.45, 2.75) is 26.5 Å². The number of para-hydroxylation sites is 1. The first-order valence-corrected chi connectivity index (χ1v) is 8.68. The van der Waals surface area contributed by atoms with Gasteiger partial charge in [-0.25, -0.2) is 9.07 Å². The highest BCUT2D eigenvalue weighted by Gasteiger charge is 2.28. The van der Waals surface area contributed by atoms with E-state index in [4.69, 9.17) is 4.74 Å². The predicted molar refractivity (Wildman–Crippen MR) is 97.1 cm³/mol. The van der Waals surface area contributed by atoms with E-state index in [2.05, 4.69) is 15.4 Å². The van der Waals surface area contributed by atoms with Crippen molar-refractivity contribution in [2.24, 2.45) is 0 Å². The number of carbonyl (C=O) groups is 1. The van der Waals surface area contributed by atoms with E-state index in [1.165, 1.54) is 10.7 Å². The summed E-state index contributed by atoms with van der Waals surface area (Å²) in [5.74, 6) is -0.646. The number of amides is 1. The molecule has 0 bridgehead atoms. The van der Waals surface area contributed by atoms with E-state index >= 15 is 0 Å². The van der Waals surface area contributed by atoms with Gasteiger partial charge in [-0.2, -0.15) is 5.10 Å². The fourth-order valence-corrected chi connectivity index (χ4v) is 3.12. The number of nitrogens with one attached hydrogen (secondary N) is 1. The van der Waals surface area contributed by atoms with Gasteiger partial charge in [0.05, 0.1) is 31.1 Å². The van der Waals surface area contributed by atoms with E-state index in [0.717, 1.165) is 22.4 Å². The molecule has 27 heavy (non-hydrogen) atoms. The number of pyridine rings is 1. The molecule has 1 aromatic carbocycles. The van der Waals surface area contributed by atoms with E-state index in [1.54, 1.807) is 36.7 Å². The van der Waals surface area contributed by atoms with Crippen LogP contribution in [0, 0.1) is 19.7 Å². The SMILES string of the molecule is Cc1cnc(C(=O)N[C@H]2COCc3c2cnn3-c2ccccc2F)cc1C. The zero-order valence-electron chi connectivity index (χ0n) is 15.1. The highest BCUT2D eigenvalue weighted by atomic mass is 19.1. The summed E-state index contributed by atoms with van der Waals surface area (Å²) in [6.45, 7) is 4.51. The first-order valence-electron chi connectivity index (χ1n) is 8.68. The van der Waals surface area contributed by atoms with E-state index < -0.39 is 0 Å². The molecule has 0 saturated heterocycles. The van der Waals surface area contributed by atoms with E-state index in [0.29, 0.717) is 24.6 Å². The van der Waals surface area contributed by atoms with Gasteiger partial charge in [-0.15, -0.1) is 0 Å². The molecule has 3 heterocycles. The van der Waals surface area contributed by atoms with Crippen LogP contribution in [0.25, 0.3) is 5.69 Å². The smallest absolute Gasteiger partial charge is 0.270 e. The van der Waals surface area contributed by atoms with Crippen LogP contribution >= 0.6 is 0 Å². The molecule has 138 valence electrons. The largest absolute Gasteiger partial charge is 0.373 e. The lowest BCUT2D eigenvalue weighted by Crippen LogP contribution is -2.34. The van der Waals surface area contributed by atoms with Crippen LogP contribution in [0.2, 0.25) is 0 Å². The van der Waals surface area contributed by atoms with Crippen LogP contribution in [0.1, 0.15) is 38.9 Å². The molecule has 7 heteroatoms. The zero-order chi connectivity index (χ0) is 19.0. The monoisotopic (exact) mass is 366 g/mol. The zero-order valence-corrected chi connectivity index (χ0v) is 15.1. The number of fused-ring (bicyclic) bond motifs is 1. The Balaban J connectivity index is 1.62. The summed E-state index contributed by atoms with van der Waals surface area (Å²) in [4.78, 5) is 16.8. The van der Waals surface area contributed by atoms with Crippen LogP contribution in [0.4, 0.5) is 4.39 Å². The summed E-state index contributed by atoms with van der Waals surface area (Å²) < 4.78 is 21.3. The van der Waals surface area contributed by atoms with Gasteiger partial charge in [-0.05, 0) is 43.2 Å². The minimum atomic E-state index is -0.370. The molecule has 0 saturated carbocycles. The molecule has 3 aromatic rings. The summed E-state index contributed by atoms with van der Waals surface area (Å²) in [6.07, 6.45) is 3.34. The maximum Gasteiger partial charge on any atom is 0.270 e. The number of ether oxygens (including phenoxy) is 1. The highest BCUT2D eigenvalue weighted by Crippen LogP contribution is 2.27. The van der Waals surface area contributed by atoms with Gasteiger partial charge in [-0.1, -0.05) is 12.1 Å². The molecular weight excluding hydrogens is 347 g/mol. The number of aromatic nitrogens is 3. The summed E-state index contributed by atoms with van der Waals surface area (Å²) in [5, 5.41) is 7.26. The van der Waals surface area contributed by atoms with Crippen LogP contribution in [0.3, 0.4) is 0 Å². The molecule has 0 radical (unpaired) electrons. The van der Waals surface area contributed by atoms with E-state index in [-0.39, 0.29) is 17.8 Å². The highest BCUT2D eigenvalue weighted by molar-refractivity contribution is 5.92. The fraction of sp³-hybridized carbons (Fsp3) is 0.250. The fourth-order valence-electron chi connectivity index (χ4n) is 3.12. The standard InChI is InChI=1S/C20H19FN4O2/c1-12-7-16(22-8-13(12)2)20(26)24-17-10-27-11-19-14(17)9-23-25(19)18-6-4-3-5-15(18)21/h3-9,17H,10-11H2,1-2H3,(H,24,26)/t17-/m0/s1. The maximum atomic E-state index is 14.1. The average molecular weight is 366 g/mol. The van der Waals surface area contributed by atoms with Gasteiger partial charge in [0.25, 0.3) is 5.91 Å². The average Bonchev–Trinajstić information content (AvgIpc) is 3.09. The molecule has 6 nitrogen and oxygen atoms in total. The van der Waals surface area contributed by atoms with Crippen molar-refractivity contribution in [3.63, 3.8) is 0 Å².